The standard InChI is InChI=1S/C21H19FN2O3/c1-3-14(12-6-4-7-13(10-12)21(26)27)20(25)16-11-24-19-15(18(16)23-2)8-5-9-17(19)22/h4-11,14H,3H2,1-2H3,(H,23,24)(H,26,27). The summed E-state index contributed by atoms with van der Waals surface area (Å²) in [6, 6.07) is 11.0. The number of hydrogen-bond acceptors (Lipinski definition) is 4. The van der Waals surface area contributed by atoms with E-state index in [9.17, 15) is 19.1 Å². The zero-order chi connectivity index (χ0) is 19.6. The number of para-hydroxylation sites is 1. The number of carboxylic acid groups (broad SMARTS) is 1. The first kappa shape index (κ1) is 18.5. The average molecular weight is 366 g/mol. The summed E-state index contributed by atoms with van der Waals surface area (Å²) >= 11 is 0. The first-order valence-corrected chi connectivity index (χ1v) is 8.60. The Hall–Kier alpha value is -3.28. The van der Waals surface area contributed by atoms with Crippen LogP contribution >= 0.6 is 0 Å². The van der Waals surface area contributed by atoms with Crippen LogP contribution in [0.3, 0.4) is 0 Å². The molecule has 0 amide bonds. The summed E-state index contributed by atoms with van der Waals surface area (Å²) in [5.41, 5.74) is 1.81. The summed E-state index contributed by atoms with van der Waals surface area (Å²) in [4.78, 5) is 28.6. The maximum atomic E-state index is 14.0. The molecular formula is C21H19FN2O3. The van der Waals surface area contributed by atoms with E-state index in [2.05, 4.69) is 10.3 Å². The van der Waals surface area contributed by atoms with E-state index in [0.29, 0.717) is 28.6 Å². The molecule has 5 nitrogen and oxygen atoms in total. The predicted molar refractivity (Wildman–Crippen MR) is 102 cm³/mol. The van der Waals surface area contributed by atoms with Crippen molar-refractivity contribution in [3.05, 3.63) is 71.2 Å². The Morgan fingerprint density at radius 1 is 1.22 bits per heavy atom. The molecule has 3 rings (SSSR count). The van der Waals surface area contributed by atoms with Crippen LogP contribution in [0.15, 0.2) is 48.7 Å². The van der Waals surface area contributed by atoms with E-state index < -0.39 is 17.7 Å². The van der Waals surface area contributed by atoms with E-state index in [4.69, 9.17) is 0 Å². The highest BCUT2D eigenvalue weighted by Gasteiger charge is 2.25. The van der Waals surface area contributed by atoms with Crippen LogP contribution in [0.1, 0.15) is 45.5 Å². The average Bonchev–Trinajstić information content (AvgIpc) is 2.68. The number of fused-ring (bicyclic) bond motifs is 1. The zero-order valence-corrected chi connectivity index (χ0v) is 15.0. The van der Waals surface area contributed by atoms with Crippen LogP contribution < -0.4 is 5.32 Å². The van der Waals surface area contributed by atoms with Crippen molar-refractivity contribution in [3.8, 4) is 0 Å². The van der Waals surface area contributed by atoms with Crippen molar-refractivity contribution in [2.45, 2.75) is 19.3 Å². The third-order valence-electron chi connectivity index (χ3n) is 4.62. The molecule has 0 spiro atoms. The van der Waals surface area contributed by atoms with Crippen LogP contribution in [0, 0.1) is 5.82 Å². The minimum atomic E-state index is -1.04. The molecule has 2 aromatic carbocycles. The first-order chi connectivity index (χ1) is 13.0. The molecule has 1 unspecified atom stereocenters. The Morgan fingerprint density at radius 3 is 2.63 bits per heavy atom. The first-order valence-electron chi connectivity index (χ1n) is 8.60. The lowest BCUT2D eigenvalue weighted by atomic mass is 9.87. The van der Waals surface area contributed by atoms with Gasteiger partial charge < -0.3 is 10.4 Å². The van der Waals surface area contributed by atoms with Gasteiger partial charge in [-0.2, -0.15) is 0 Å². The molecule has 6 heteroatoms. The van der Waals surface area contributed by atoms with Gasteiger partial charge >= 0.3 is 5.97 Å². The third kappa shape index (κ3) is 3.38. The van der Waals surface area contributed by atoms with Gasteiger partial charge in [0.1, 0.15) is 11.3 Å². The number of pyridine rings is 1. The molecule has 2 N–H and O–H groups in total. The van der Waals surface area contributed by atoms with Crippen molar-refractivity contribution in [2.75, 3.05) is 12.4 Å². The largest absolute Gasteiger partial charge is 0.478 e. The molecular weight excluding hydrogens is 347 g/mol. The highest BCUT2D eigenvalue weighted by atomic mass is 19.1. The number of aromatic nitrogens is 1. The minimum Gasteiger partial charge on any atom is -0.478 e. The zero-order valence-electron chi connectivity index (χ0n) is 15.0. The quantitative estimate of drug-likeness (QED) is 0.629. The van der Waals surface area contributed by atoms with Crippen LogP contribution in [0.5, 0.6) is 0 Å². The molecule has 0 aliphatic heterocycles. The van der Waals surface area contributed by atoms with Gasteiger partial charge in [0.2, 0.25) is 0 Å². The molecule has 0 fully saturated rings. The SMILES string of the molecule is CCC(C(=O)c1cnc2c(F)cccc2c1NC)c1cccc(C(=O)O)c1. The second-order valence-electron chi connectivity index (χ2n) is 6.19. The van der Waals surface area contributed by atoms with Crippen molar-refractivity contribution in [2.24, 2.45) is 0 Å². The van der Waals surface area contributed by atoms with Crippen LogP contribution in [0.2, 0.25) is 0 Å². The number of hydrogen-bond donors (Lipinski definition) is 2. The number of Topliss-reactive ketones (excluding diaryl/α,β-unsaturated/α-hetero) is 1. The molecule has 0 saturated carbocycles. The van der Waals surface area contributed by atoms with E-state index in [1.807, 2.05) is 6.92 Å². The molecule has 1 aromatic heterocycles. The van der Waals surface area contributed by atoms with Gasteiger partial charge in [-0.1, -0.05) is 31.2 Å². The van der Waals surface area contributed by atoms with Crippen molar-refractivity contribution in [3.63, 3.8) is 0 Å². The van der Waals surface area contributed by atoms with Crippen molar-refractivity contribution >= 4 is 28.3 Å². The van der Waals surface area contributed by atoms with E-state index in [0.717, 1.165) is 0 Å². The second kappa shape index (κ2) is 7.53. The summed E-state index contributed by atoms with van der Waals surface area (Å²) in [5.74, 6) is -2.21. The Balaban J connectivity index is 2.11. The van der Waals surface area contributed by atoms with E-state index in [1.54, 1.807) is 31.3 Å². The fourth-order valence-electron chi connectivity index (χ4n) is 3.29. The van der Waals surface area contributed by atoms with Gasteiger partial charge in [-0.15, -0.1) is 0 Å². The molecule has 0 aliphatic rings. The van der Waals surface area contributed by atoms with Crippen LogP contribution in [-0.2, 0) is 0 Å². The molecule has 3 aromatic rings. The van der Waals surface area contributed by atoms with Crippen LogP contribution in [0.25, 0.3) is 10.9 Å². The van der Waals surface area contributed by atoms with Gasteiger partial charge in [0.25, 0.3) is 0 Å². The number of rotatable bonds is 6. The summed E-state index contributed by atoms with van der Waals surface area (Å²) in [6.45, 7) is 1.86. The number of aromatic carboxylic acids is 1. The number of nitrogens with one attached hydrogen (secondary N) is 1. The third-order valence-corrected chi connectivity index (χ3v) is 4.62. The van der Waals surface area contributed by atoms with Crippen molar-refractivity contribution in [1.82, 2.24) is 4.98 Å². The molecule has 138 valence electrons. The van der Waals surface area contributed by atoms with Gasteiger partial charge in [0.15, 0.2) is 5.78 Å². The highest BCUT2D eigenvalue weighted by molar-refractivity contribution is 6.10. The number of benzene rings is 2. The Morgan fingerprint density at radius 2 is 1.96 bits per heavy atom. The maximum Gasteiger partial charge on any atom is 0.335 e. The van der Waals surface area contributed by atoms with Crippen molar-refractivity contribution < 1.29 is 19.1 Å². The van der Waals surface area contributed by atoms with Crippen LogP contribution in [0.4, 0.5) is 10.1 Å². The topological polar surface area (TPSA) is 79.3 Å². The van der Waals surface area contributed by atoms with E-state index in [-0.39, 0.29) is 16.9 Å². The molecule has 1 atom stereocenters. The number of halogens is 1. The molecule has 0 aliphatic carbocycles. The summed E-state index contributed by atoms with van der Waals surface area (Å²) in [5, 5.41) is 12.7. The van der Waals surface area contributed by atoms with Crippen molar-refractivity contribution in [1.29, 1.82) is 0 Å². The molecule has 0 bridgehead atoms. The Kier molecular flexibility index (Phi) is 5.16. The van der Waals surface area contributed by atoms with Gasteiger partial charge in [-0.05, 0) is 30.2 Å². The second-order valence-corrected chi connectivity index (χ2v) is 6.19. The van der Waals surface area contributed by atoms with Gasteiger partial charge in [-0.25, -0.2) is 9.18 Å². The fourth-order valence-corrected chi connectivity index (χ4v) is 3.29. The summed E-state index contributed by atoms with van der Waals surface area (Å²) < 4.78 is 14.0. The van der Waals surface area contributed by atoms with Gasteiger partial charge in [-0.3, -0.25) is 9.78 Å². The number of anilines is 1. The minimum absolute atomic E-state index is 0.131. The molecule has 0 saturated heterocycles. The van der Waals surface area contributed by atoms with E-state index >= 15 is 0 Å². The lowest BCUT2D eigenvalue weighted by Gasteiger charge is -2.18. The lowest BCUT2D eigenvalue weighted by Crippen LogP contribution is -2.15. The van der Waals surface area contributed by atoms with Crippen LogP contribution in [-0.4, -0.2) is 28.9 Å². The molecule has 1 heterocycles. The number of nitrogens with zero attached hydrogens (tertiary/aromatic N) is 1. The summed E-state index contributed by atoms with van der Waals surface area (Å²) in [7, 11) is 1.67. The monoisotopic (exact) mass is 366 g/mol. The highest BCUT2D eigenvalue weighted by Crippen LogP contribution is 2.32. The summed E-state index contributed by atoms with van der Waals surface area (Å²) in [6.07, 6.45) is 1.87. The lowest BCUT2D eigenvalue weighted by molar-refractivity contribution is 0.0696. The van der Waals surface area contributed by atoms with E-state index in [1.165, 1.54) is 24.4 Å². The predicted octanol–water partition coefficient (Wildman–Crippen LogP) is 4.49. The fraction of sp³-hybridized carbons (Fsp3) is 0.190. The molecule has 0 radical (unpaired) electrons. The maximum absolute atomic E-state index is 14.0. The normalized spacial score (nSPS) is 12.0. The smallest absolute Gasteiger partial charge is 0.335 e. The molecule has 27 heavy (non-hydrogen) atoms. The number of carbonyl (C=O) groups excluding carboxylic acids is 1. The number of ketones is 1. The van der Waals surface area contributed by atoms with Gasteiger partial charge in [0, 0.05) is 24.5 Å². The Bertz CT molecular complexity index is 1030. The number of carboxylic acids is 1. The Labute approximate surface area is 155 Å². The van der Waals surface area contributed by atoms with Gasteiger partial charge in [0.05, 0.1) is 16.8 Å². The number of carbonyl (C=O) groups is 2.